The van der Waals surface area contributed by atoms with Crippen LogP contribution < -0.4 is 18.9 Å². The minimum Gasteiger partial charge on any atom is -0.497 e. The van der Waals surface area contributed by atoms with E-state index in [2.05, 4.69) is 0 Å². The van der Waals surface area contributed by atoms with Crippen molar-refractivity contribution in [2.24, 2.45) is 5.92 Å². The largest absolute Gasteiger partial charge is 0.497 e. The first-order valence-corrected chi connectivity index (χ1v) is 13.4. The van der Waals surface area contributed by atoms with Crippen LogP contribution in [-0.2, 0) is 16.0 Å². The molecule has 1 saturated carbocycles. The zero-order chi connectivity index (χ0) is 29.4. The van der Waals surface area contributed by atoms with Gasteiger partial charge in [-0.1, -0.05) is 42.5 Å². The third-order valence-electron chi connectivity index (χ3n) is 8.17. The smallest absolute Gasteiger partial charge is 0.310 e. The van der Waals surface area contributed by atoms with Crippen molar-refractivity contribution in [1.82, 2.24) is 0 Å². The van der Waals surface area contributed by atoms with Crippen molar-refractivity contribution >= 4 is 5.97 Å². The van der Waals surface area contributed by atoms with Crippen molar-refractivity contribution in [3.63, 3.8) is 0 Å². The molecule has 3 aromatic rings. The highest BCUT2D eigenvalue weighted by molar-refractivity contribution is 5.77. The summed E-state index contributed by atoms with van der Waals surface area (Å²) in [6.45, 7) is -0.113. The summed E-state index contributed by atoms with van der Waals surface area (Å²) in [5.41, 5.74) is -2.89. The highest BCUT2D eigenvalue weighted by atomic mass is 16.5. The van der Waals surface area contributed by atoms with Crippen LogP contribution in [0.1, 0.15) is 35.4 Å². The Balaban J connectivity index is 1.69. The topological polar surface area (TPSA) is 155 Å². The highest BCUT2D eigenvalue weighted by Crippen LogP contribution is 2.70. The lowest BCUT2D eigenvalue weighted by Crippen LogP contribution is -2.52. The van der Waals surface area contributed by atoms with E-state index in [1.165, 1.54) is 14.2 Å². The Hall–Kier alpha value is -3.83. The van der Waals surface area contributed by atoms with Gasteiger partial charge in [-0.2, -0.15) is 0 Å². The van der Waals surface area contributed by atoms with E-state index in [4.69, 9.17) is 24.1 Å². The number of carboxylic acids is 1. The summed E-state index contributed by atoms with van der Waals surface area (Å²) < 4.78 is 23.6. The third kappa shape index (κ3) is 4.47. The van der Waals surface area contributed by atoms with Gasteiger partial charge in [-0.25, -0.2) is 0 Å². The summed E-state index contributed by atoms with van der Waals surface area (Å²) in [7, 11) is 2.92. The molecule has 1 heterocycles. The fourth-order valence-electron chi connectivity index (χ4n) is 6.34. The van der Waals surface area contributed by atoms with Gasteiger partial charge in [0.2, 0.25) is 0 Å². The summed E-state index contributed by atoms with van der Waals surface area (Å²) in [4.78, 5) is 12.7. The van der Waals surface area contributed by atoms with Crippen molar-refractivity contribution in [1.29, 1.82) is 0 Å². The number of aliphatic hydroxyl groups excluding tert-OH is 3. The fourth-order valence-corrected chi connectivity index (χ4v) is 6.34. The number of hydrogen-bond donors (Lipinski definition) is 5. The summed E-state index contributed by atoms with van der Waals surface area (Å²) in [5.74, 6) is -2.50. The molecule has 41 heavy (non-hydrogen) atoms. The second-order valence-electron chi connectivity index (χ2n) is 10.4. The quantitative estimate of drug-likeness (QED) is 0.219. The third-order valence-corrected chi connectivity index (χ3v) is 8.17. The van der Waals surface area contributed by atoms with Gasteiger partial charge in [0.15, 0.2) is 11.2 Å². The van der Waals surface area contributed by atoms with Gasteiger partial charge in [-0.05, 0) is 36.1 Å². The van der Waals surface area contributed by atoms with E-state index in [9.17, 15) is 25.2 Å². The lowest BCUT2D eigenvalue weighted by atomic mass is 9.70. The molecule has 2 aliphatic rings. The van der Waals surface area contributed by atoms with Crippen molar-refractivity contribution in [2.75, 3.05) is 27.4 Å². The van der Waals surface area contributed by atoms with Crippen LogP contribution in [0.4, 0.5) is 0 Å². The van der Waals surface area contributed by atoms with Crippen LogP contribution in [0, 0.1) is 5.92 Å². The Kier molecular flexibility index (Phi) is 7.85. The summed E-state index contributed by atoms with van der Waals surface area (Å²) >= 11 is 0. The first-order chi connectivity index (χ1) is 19.7. The number of aliphatic carboxylic acids is 1. The molecule has 1 fully saturated rings. The van der Waals surface area contributed by atoms with E-state index in [0.717, 1.165) is 0 Å². The summed E-state index contributed by atoms with van der Waals surface area (Å²) in [5, 5.41) is 53.5. The van der Waals surface area contributed by atoms with Gasteiger partial charge in [-0.3, -0.25) is 4.79 Å². The Labute approximate surface area is 237 Å². The van der Waals surface area contributed by atoms with Crippen molar-refractivity contribution in [3.05, 3.63) is 83.4 Å². The number of ether oxygens (including phenoxy) is 4. The van der Waals surface area contributed by atoms with E-state index in [-0.39, 0.29) is 30.3 Å². The van der Waals surface area contributed by atoms with Crippen LogP contribution in [0.2, 0.25) is 0 Å². The normalized spacial score (nSPS) is 26.9. The van der Waals surface area contributed by atoms with Crippen molar-refractivity contribution in [2.45, 2.75) is 42.2 Å². The maximum atomic E-state index is 12.7. The number of methoxy groups -OCH3 is 2. The zero-order valence-corrected chi connectivity index (χ0v) is 22.8. The Morgan fingerprint density at radius 3 is 2.34 bits per heavy atom. The second-order valence-corrected chi connectivity index (χ2v) is 10.4. The van der Waals surface area contributed by atoms with Crippen LogP contribution >= 0.6 is 0 Å². The lowest BCUT2D eigenvalue weighted by molar-refractivity contribution is -0.159. The lowest BCUT2D eigenvalue weighted by Gasteiger charge is -2.40. The molecule has 10 nitrogen and oxygen atoms in total. The van der Waals surface area contributed by atoms with Gasteiger partial charge in [0.25, 0.3) is 0 Å². The first kappa shape index (κ1) is 28.7. The molecule has 1 aliphatic heterocycles. The molecule has 5 rings (SSSR count). The van der Waals surface area contributed by atoms with Gasteiger partial charge in [-0.15, -0.1) is 0 Å². The van der Waals surface area contributed by atoms with Crippen LogP contribution in [0.3, 0.4) is 0 Å². The molecular formula is C31H34O10. The number of benzene rings is 3. The van der Waals surface area contributed by atoms with E-state index < -0.39 is 41.2 Å². The molecule has 1 aliphatic carbocycles. The first-order valence-electron chi connectivity index (χ1n) is 13.4. The van der Waals surface area contributed by atoms with Crippen LogP contribution in [0.15, 0.2) is 66.7 Å². The maximum Gasteiger partial charge on any atom is 0.310 e. The number of rotatable bonds is 11. The minimum atomic E-state index is -2.24. The summed E-state index contributed by atoms with van der Waals surface area (Å²) in [6.07, 6.45) is -1.81. The standard InChI is InChI=1S/C31H34O10/c1-38-21-12-10-19(11-13-21)31-26(18-7-4-3-5-8-18)25(29(35)36)28(34)30(31,37)27-23(39-2)15-22(16-24(27)41-31)40-14-6-9-20(33)17-32/h3-5,7-8,10-13,15-16,20,25-26,28,32-34,37H,6,9,14,17H2,1-2H3,(H,35,36)/t20?,25-,26-,28-,30+,31+/m1/s1. The van der Waals surface area contributed by atoms with Crippen LogP contribution in [0.25, 0.3) is 0 Å². The fraction of sp³-hybridized carbons (Fsp3) is 0.387. The van der Waals surface area contributed by atoms with E-state index >= 15 is 0 Å². The monoisotopic (exact) mass is 566 g/mol. The molecule has 6 atom stereocenters. The van der Waals surface area contributed by atoms with Gasteiger partial charge in [0.05, 0.1) is 45.0 Å². The zero-order valence-electron chi connectivity index (χ0n) is 22.8. The minimum absolute atomic E-state index is 0.121. The number of carbonyl (C=O) groups is 1. The van der Waals surface area contributed by atoms with Crippen molar-refractivity contribution in [3.8, 4) is 23.0 Å². The molecule has 218 valence electrons. The van der Waals surface area contributed by atoms with E-state index in [1.54, 1.807) is 66.7 Å². The van der Waals surface area contributed by atoms with Crippen LogP contribution in [0.5, 0.6) is 23.0 Å². The molecule has 0 radical (unpaired) electrons. The molecule has 0 bridgehead atoms. The van der Waals surface area contributed by atoms with E-state index in [1.807, 2.05) is 0 Å². The average Bonchev–Trinajstić information content (AvgIpc) is 3.37. The van der Waals surface area contributed by atoms with Gasteiger partial charge < -0.3 is 44.5 Å². The van der Waals surface area contributed by atoms with Crippen LogP contribution in [-0.4, -0.2) is 71.1 Å². The number of hydrogen-bond acceptors (Lipinski definition) is 9. The average molecular weight is 567 g/mol. The summed E-state index contributed by atoms with van der Waals surface area (Å²) in [6, 6.07) is 18.7. The molecule has 0 spiro atoms. The van der Waals surface area contributed by atoms with Crippen molar-refractivity contribution < 1.29 is 49.3 Å². The van der Waals surface area contributed by atoms with Gasteiger partial charge in [0, 0.05) is 18.1 Å². The Morgan fingerprint density at radius 1 is 1.02 bits per heavy atom. The predicted octanol–water partition coefficient (Wildman–Crippen LogP) is 2.55. The molecule has 1 unspecified atom stereocenters. The maximum absolute atomic E-state index is 12.7. The molecule has 0 amide bonds. The van der Waals surface area contributed by atoms with Gasteiger partial charge >= 0.3 is 5.97 Å². The molecule has 3 aromatic carbocycles. The highest BCUT2D eigenvalue weighted by Gasteiger charge is 2.78. The predicted molar refractivity (Wildman–Crippen MR) is 146 cm³/mol. The Morgan fingerprint density at radius 2 is 1.73 bits per heavy atom. The molecule has 10 heteroatoms. The number of fused-ring (bicyclic) bond motifs is 3. The molecular weight excluding hydrogens is 532 g/mol. The Bertz CT molecular complexity index is 1380. The molecule has 5 N–H and O–H groups in total. The number of aliphatic hydroxyl groups is 4. The number of carboxylic acid groups (broad SMARTS) is 1. The second kappa shape index (κ2) is 11.2. The van der Waals surface area contributed by atoms with E-state index in [0.29, 0.717) is 35.5 Å². The molecule has 0 saturated heterocycles. The van der Waals surface area contributed by atoms with Gasteiger partial charge in [0.1, 0.15) is 29.1 Å². The molecule has 0 aromatic heterocycles. The SMILES string of the molecule is COc1ccc([C@@]23Oc4cc(OCCCC(O)CO)cc(OC)c4[C@]2(O)[C@H](O)[C@H](C(=O)O)[C@H]3c2ccccc2)cc1.